The fourth-order valence-corrected chi connectivity index (χ4v) is 1.42. The summed E-state index contributed by atoms with van der Waals surface area (Å²) in [6.45, 7) is 3.39. The first kappa shape index (κ1) is 17.8. The van der Waals surface area contributed by atoms with Gasteiger partial charge in [-0.15, -0.1) is 5.06 Å². The van der Waals surface area contributed by atoms with Crippen molar-refractivity contribution in [1.29, 1.82) is 0 Å². The van der Waals surface area contributed by atoms with E-state index in [0.717, 1.165) is 6.08 Å². The van der Waals surface area contributed by atoms with Crippen molar-refractivity contribution in [3.63, 3.8) is 0 Å². The predicted molar refractivity (Wildman–Crippen MR) is 70.0 cm³/mol. The van der Waals surface area contributed by atoms with E-state index in [1.165, 1.54) is 0 Å². The SMILES string of the molecule is C=CC(=O)OCCOCCOCC(=O)ON1C(=O)CCC1=O. The molecule has 0 saturated carbocycles. The van der Waals surface area contributed by atoms with Gasteiger partial charge in [-0.25, -0.2) is 9.59 Å². The summed E-state index contributed by atoms with van der Waals surface area (Å²) in [5.41, 5.74) is 0. The molecule has 1 saturated heterocycles. The first-order valence-corrected chi connectivity index (χ1v) is 6.56. The first-order valence-electron chi connectivity index (χ1n) is 6.56. The maximum atomic E-state index is 11.3. The molecule has 0 radical (unpaired) electrons. The van der Waals surface area contributed by atoms with Gasteiger partial charge in [0.05, 0.1) is 19.8 Å². The van der Waals surface area contributed by atoms with Crippen LogP contribution in [0.4, 0.5) is 0 Å². The Kier molecular flexibility index (Phi) is 7.79. The Morgan fingerprint density at radius 2 is 1.64 bits per heavy atom. The van der Waals surface area contributed by atoms with Crippen molar-refractivity contribution in [2.24, 2.45) is 0 Å². The first-order chi connectivity index (χ1) is 10.5. The van der Waals surface area contributed by atoms with Gasteiger partial charge in [0.1, 0.15) is 13.2 Å². The third-order valence-corrected chi connectivity index (χ3v) is 2.43. The van der Waals surface area contributed by atoms with Crippen LogP contribution in [0.2, 0.25) is 0 Å². The Morgan fingerprint density at radius 3 is 2.27 bits per heavy atom. The van der Waals surface area contributed by atoms with E-state index >= 15 is 0 Å². The van der Waals surface area contributed by atoms with Crippen LogP contribution >= 0.6 is 0 Å². The molecule has 1 aliphatic rings. The van der Waals surface area contributed by atoms with Gasteiger partial charge in [-0.3, -0.25) is 9.59 Å². The van der Waals surface area contributed by atoms with Crippen LogP contribution in [0.1, 0.15) is 12.8 Å². The summed E-state index contributed by atoms with van der Waals surface area (Å²) in [6.07, 6.45) is 1.12. The number of carbonyl (C=O) groups excluding carboxylic acids is 4. The highest BCUT2D eigenvalue weighted by Crippen LogP contribution is 2.11. The van der Waals surface area contributed by atoms with Gasteiger partial charge in [-0.1, -0.05) is 6.58 Å². The number of carbonyl (C=O) groups is 4. The summed E-state index contributed by atoms with van der Waals surface area (Å²) in [5.74, 6) is -2.47. The second-order valence-corrected chi connectivity index (χ2v) is 4.08. The summed E-state index contributed by atoms with van der Waals surface area (Å²) in [5, 5.41) is 0.455. The van der Waals surface area contributed by atoms with Crippen molar-refractivity contribution in [2.75, 3.05) is 33.0 Å². The molecule has 0 spiro atoms. The Labute approximate surface area is 126 Å². The molecule has 2 amide bonds. The van der Waals surface area contributed by atoms with Crippen LogP contribution in [0.25, 0.3) is 0 Å². The molecule has 9 heteroatoms. The average Bonchev–Trinajstić information content (AvgIpc) is 2.81. The summed E-state index contributed by atoms with van der Waals surface area (Å²) in [4.78, 5) is 49.0. The van der Waals surface area contributed by atoms with Gasteiger partial charge in [-0.2, -0.15) is 0 Å². The van der Waals surface area contributed by atoms with Gasteiger partial charge >= 0.3 is 11.9 Å². The molecule has 0 N–H and O–H groups in total. The number of hydrogen-bond donors (Lipinski definition) is 0. The second-order valence-electron chi connectivity index (χ2n) is 4.08. The van der Waals surface area contributed by atoms with E-state index in [1.807, 2.05) is 0 Å². The lowest BCUT2D eigenvalue weighted by Crippen LogP contribution is -2.33. The minimum atomic E-state index is -0.844. The van der Waals surface area contributed by atoms with Gasteiger partial charge in [0.15, 0.2) is 0 Å². The van der Waals surface area contributed by atoms with E-state index < -0.39 is 30.4 Å². The van der Waals surface area contributed by atoms with Crippen LogP contribution in [0.15, 0.2) is 12.7 Å². The molecule has 122 valence electrons. The number of nitrogens with zero attached hydrogens (tertiary/aromatic N) is 1. The van der Waals surface area contributed by atoms with Crippen molar-refractivity contribution >= 4 is 23.8 Å². The Balaban J connectivity index is 1.99. The van der Waals surface area contributed by atoms with Gasteiger partial charge < -0.3 is 19.0 Å². The molecule has 0 aromatic carbocycles. The molecular weight excluding hydrogens is 298 g/mol. The fraction of sp³-hybridized carbons (Fsp3) is 0.538. The molecular formula is C13H17NO8. The molecule has 0 aromatic heterocycles. The number of imide groups is 1. The quantitative estimate of drug-likeness (QED) is 0.227. The lowest BCUT2D eigenvalue weighted by atomic mass is 10.4. The van der Waals surface area contributed by atoms with Crippen molar-refractivity contribution in [3.05, 3.63) is 12.7 Å². The predicted octanol–water partition coefficient (Wildman–Crippen LogP) is -0.644. The molecule has 0 aromatic rings. The normalized spacial score (nSPS) is 14.1. The molecule has 9 nitrogen and oxygen atoms in total. The van der Waals surface area contributed by atoms with Gasteiger partial charge in [0, 0.05) is 18.9 Å². The molecule has 1 heterocycles. The van der Waals surface area contributed by atoms with Crippen molar-refractivity contribution < 1.29 is 38.2 Å². The maximum Gasteiger partial charge on any atom is 0.358 e. The standard InChI is InChI=1S/C13H17NO8/c1-2-12(17)21-8-7-19-5-6-20-9-13(18)22-14-10(15)3-4-11(14)16/h2H,1,3-9H2. The largest absolute Gasteiger partial charge is 0.460 e. The summed E-state index contributed by atoms with van der Waals surface area (Å²) < 4.78 is 14.7. The van der Waals surface area contributed by atoms with Crippen LogP contribution in [0.3, 0.4) is 0 Å². The number of ether oxygens (including phenoxy) is 3. The number of rotatable bonds is 10. The van der Waals surface area contributed by atoms with Crippen molar-refractivity contribution in [2.45, 2.75) is 12.8 Å². The van der Waals surface area contributed by atoms with E-state index in [1.54, 1.807) is 0 Å². The minimum absolute atomic E-state index is 0.0389. The summed E-state index contributed by atoms with van der Waals surface area (Å²) >= 11 is 0. The number of esters is 1. The van der Waals surface area contributed by atoms with Crippen LogP contribution in [0, 0.1) is 0 Å². The van der Waals surface area contributed by atoms with Crippen LogP contribution in [-0.4, -0.2) is 61.9 Å². The zero-order chi connectivity index (χ0) is 16.4. The zero-order valence-electron chi connectivity index (χ0n) is 11.9. The van der Waals surface area contributed by atoms with E-state index in [9.17, 15) is 19.2 Å². The average molecular weight is 315 g/mol. The monoisotopic (exact) mass is 315 g/mol. The Morgan fingerprint density at radius 1 is 1.05 bits per heavy atom. The van der Waals surface area contributed by atoms with Crippen molar-refractivity contribution in [3.8, 4) is 0 Å². The van der Waals surface area contributed by atoms with Gasteiger partial charge in [0.25, 0.3) is 11.8 Å². The third-order valence-electron chi connectivity index (χ3n) is 2.43. The molecule has 1 fully saturated rings. The highest BCUT2D eigenvalue weighted by molar-refractivity contribution is 6.01. The van der Waals surface area contributed by atoms with Crippen LogP contribution in [0.5, 0.6) is 0 Å². The van der Waals surface area contributed by atoms with E-state index in [4.69, 9.17) is 9.47 Å². The lowest BCUT2D eigenvalue weighted by molar-refractivity contribution is -0.200. The molecule has 0 bridgehead atoms. The Hall–Kier alpha value is -2.26. The minimum Gasteiger partial charge on any atom is -0.460 e. The second kappa shape index (κ2) is 9.64. The van der Waals surface area contributed by atoms with Crippen molar-refractivity contribution in [1.82, 2.24) is 5.06 Å². The van der Waals surface area contributed by atoms with E-state index in [0.29, 0.717) is 5.06 Å². The molecule has 1 rings (SSSR count). The Bertz CT molecular complexity index is 431. The fourth-order valence-electron chi connectivity index (χ4n) is 1.42. The topological polar surface area (TPSA) is 108 Å². The van der Waals surface area contributed by atoms with Crippen LogP contribution in [-0.2, 0) is 38.2 Å². The summed E-state index contributed by atoms with van der Waals surface area (Å²) in [7, 11) is 0. The number of hydroxylamine groups is 2. The lowest BCUT2D eigenvalue weighted by Gasteiger charge is -2.12. The molecule has 1 aliphatic heterocycles. The molecule has 0 aliphatic carbocycles. The molecule has 0 unspecified atom stereocenters. The molecule has 0 atom stereocenters. The maximum absolute atomic E-state index is 11.3. The van der Waals surface area contributed by atoms with Gasteiger partial charge in [0.2, 0.25) is 0 Å². The highest BCUT2D eigenvalue weighted by atomic mass is 16.7. The third kappa shape index (κ3) is 6.46. The summed E-state index contributed by atoms with van der Waals surface area (Å²) in [6, 6.07) is 0. The zero-order valence-corrected chi connectivity index (χ0v) is 11.9. The van der Waals surface area contributed by atoms with E-state index in [2.05, 4.69) is 16.2 Å². The molecule has 22 heavy (non-hydrogen) atoms. The van der Waals surface area contributed by atoms with Gasteiger partial charge in [-0.05, 0) is 0 Å². The smallest absolute Gasteiger partial charge is 0.358 e. The number of amides is 2. The van der Waals surface area contributed by atoms with E-state index in [-0.39, 0.29) is 39.3 Å². The number of hydrogen-bond acceptors (Lipinski definition) is 8. The highest BCUT2D eigenvalue weighted by Gasteiger charge is 2.32. The van der Waals surface area contributed by atoms with Crippen LogP contribution < -0.4 is 0 Å².